The zero-order chi connectivity index (χ0) is 8.48. The van der Waals surface area contributed by atoms with Gasteiger partial charge in [-0.3, -0.25) is 4.79 Å². The van der Waals surface area contributed by atoms with Crippen LogP contribution < -0.4 is 0 Å². The van der Waals surface area contributed by atoms with Crippen molar-refractivity contribution in [2.24, 2.45) is 0 Å². The lowest BCUT2D eigenvalue weighted by atomic mass is 10.2. The number of hydrogen-bond donors (Lipinski definition) is 0. The van der Waals surface area contributed by atoms with Gasteiger partial charge in [0, 0.05) is 6.42 Å². The second-order valence-electron chi connectivity index (χ2n) is 3.14. The highest BCUT2D eigenvalue weighted by molar-refractivity contribution is 5.83. The molecule has 0 radical (unpaired) electrons. The summed E-state index contributed by atoms with van der Waals surface area (Å²) in [7, 11) is 0. The highest BCUT2D eigenvalue weighted by Gasteiger charge is 2.35. The third-order valence-corrected chi connectivity index (χ3v) is 1.72. The molecular weight excluding hydrogens is 144 g/mol. The van der Waals surface area contributed by atoms with Crippen molar-refractivity contribution in [3.63, 3.8) is 0 Å². The van der Waals surface area contributed by atoms with E-state index in [-0.39, 0.29) is 11.9 Å². The summed E-state index contributed by atoms with van der Waals surface area (Å²) in [6.07, 6.45) is 0.180. The van der Waals surface area contributed by atoms with Gasteiger partial charge >= 0.3 is 0 Å². The van der Waals surface area contributed by atoms with E-state index in [0.29, 0.717) is 13.0 Å². The molecule has 0 spiro atoms. The van der Waals surface area contributed by atoms with Crippen LogP contribution in [0.1, 0.15) is 27.2 Å². The Bertz CT molecular complexity index is 163. The molecule has 0 amide bonds. The van der Waals surface area contributed by atoms with Crippen LogP contribution in [0, 0.1) is 0 Å². The third kappa shape index (κ3) is 2.01. The molecule has 3 nitrogen and oxygen atoms in total. The third-order valence-electron chi connectivity index (χ3n) is 1.72. The summed E-state index contributed by atoms with van der Waals surface area (Å²) in [6, 6.07) is 0. The van der Waals surface area contributed by atoms with Gasteiger partial charge in [0.25, 0.3) is 0 Å². The number of carbonyl (C=O) groups excluding carboxylic acids is 1. The van der Waals surface area contributed by atoms with Crippen LogP contribution in [-0.2, 0) is 14.3 Å². The van der Waals surface area contributed by atoms with E-state index in [9.17, 15) is 4.79 Å². The minimum absolute atomic E-state index is 0.121. The molecule has 1 unspecified atom stereocenters. The van der Waals surface area contributed by atoms with E-state index in [2.05, 4.69) is 0 Å². The number of rotatable bonds is 2. The summed E-state index contributed by atoms with van der Waals surface area (Å²) in [5.74, 6) is -0.453. The van der Waals surface area contributed by atoms with Gasteiger partial charge in [-0.05, 0) is 13.8 Å². The molecule has 0 saturated carbocycles. The van der Waals surface area contributed by atoms with Gasteiger partial charge in [0.05, 0.1) is 6.61 Å². The maximum atomic E-state index is 11.1. The summed E-state index contributed by atoms with van der Waals surface area (Å²) >= 11 is 0. The first kappa shape index (κ1) is 8.68. The summed E-state index contributed by atoms with van der Waals surface area (Å²) in [5, 5.41) is 0. The maximum absolute atomic E-state index is 11.1. The second-order valence-corrected chi connectivity index (χ2v) is 3.14. The first-order chi connectivity index (χ1) is 5.05. The van der Waals surface area contributed by atoms with E-state index in [0.717, 1.165) is 0 Å². The fourth-order valence-electron chi connectivity index (χ4n) is 1.07. The van der Waals surface area contributed by atoms with Crippen LogP contribution in [0.5, 0.6) is 0 Å². The number of Topliss-reactive ketones (excluding diaryl/α,β-unsaturated/α-hetero) is 1. The van der Waals surface area contributed by atoms with Crippen LogP contribution in [0.2, 0.25) is 0 Å². The van der Waals surface area contributed by atoms with Crippen molar-refractivity contribution in [2.45, 2.75) is 39.1 Å². The average molecular weight is 158 g/mol. The van der Waals surface area contributed by atoms with Gasteiger partial charge < -0.3 is 9.47 Å². The normalized spacial score (nSPS) is 28.8. The fourth-order valence-corrected chi connectivity index (χ4v) is 1.07. The fraction of sp³-hybridized carbons (Fsp3) is 0.875. The monoisotopic (exact) mass is 158 g/mol. The highest BCUT2D eigenvalue weighted by Crippen LogP contribution is 2.22. The lowest BCUT2D eigenvalue weighted by Gasteiger charge is -2.16. The van der Waals surface area contributed by atoms with Crippen molar-refractivity contribution in [1.29, 1.82) is 0 Å². The van der Waals surface area contributed by atoms with Gasteiger partial charge in [0.1, 0.15) is 6.10 Å². The molecule has 64 valence electrons. The highest BCUT2D eigenvalue weighted by atomic mass is 16.7. The second kappa shape index (κ2) is 2.91. The Balaban J connectivity index is 2.48. The van der Waals surface area contributed by atoms with Crippen molar-refractivity contribution in [3.8, 4) is 0 Å². The summed E-state index contributed by atoms with van der Waals surface area (Å²) in [6.45, 7) is 5.86. The van der Waals surface area contributed by atoms with E-state index >= 15 is 0 Å². The van der Waals surface area contributed by atoms with Gasteiger partial charge in [-0.2, -0.15) is 0 Å². The summed E-state index contributed by atoms with van der Waals surface area (Å²) in [4.78, 5) is 11.1. The zero-order valence-electron chi connectivity index (χ0n) is 7.22. The van der Waals surface area contributed by atoms with Gasteiger partial charge in [-0.15, -0.1) is 0 Å². The Morgan fingerprint density at radius 2 is 2.27 bits per heavy atom. The SMILES string of the molecule is CCC(=O)C1COC(C)(C)O1. The van der Waals surface area contributed by atoms with Crippen molar-refractivity contribution in [1.82, 2.24) is 0 Å². The molecule has 1 rings (SSSR count). The largest absolute Gasteiger partial charge is 0.347 e. The van der Waals surface area contributed by atoms with Crippen molar-refractivity contribution in [2.75, 3.05) is 6.61 Å². The molecule has 11 heavy (non-hydrogen) atoms. The molecule has 0 aliphatic carbocycles. The molecule has 0 aromatic carbocycles. The molecule has 0 N–H and O–H groups in total. The van der Waals surface area contributed by atoms with Crippen LogP contribution >= 0.6 is 0 Å². The van der Waals surface area contributed by atoms with Gasteiger partial charge in [-0.1, -0.05) is 6.92 Å². The van der Waals surface area contributed by atoms with Crippen LogP contribution in [0.25, 0.3) is 0 Å². The minimum Gasteiger partial charge on any atom is -0.347 e. The number of hydrogen-bond acceptors (Lipinski definition) is 3. The minimum atomic E-state index is -0.574. The molecule has 0 aromatic heterocycles. The number of carbonyl (C=O) groups is 1. The predicted molar refractivity (Wildman–Crippen MR) is 40.2 cm³/mol. The van der Waals surface area contributed by atoms with Crippen molar-refractivity contribution in [3.05, 3.63) is 0 Å². The predicted octanol–water partition coefficient (Wildman–Crippen LogP) is 1.12. The Labute approximate surface area is 66.7 Å². The van der Waals surface area contributed by atoms with E-state index in [1.807, 2.05) is 20.8 Å². The molecular formula is C8H14O3. The smallest absolute Gasteiger partial charge is 0.163 e. The Morgan fingerprint density at radius 1 is 1.64 bits per heavy atom. The number of ketones is 1. The Morgan fingerprint density at radius 3 is 2.64 bits per heavy atom. The topological polar surface area (TPSA) is 35.5 Å². The van der Waals surface area contributed by atoms with Crippen molar-refractivity contribution < 1.29 is 14.3 Å². The summed E-state index contributed by atoms with van der Waals surface area (Å²) in [5.41, 5.74) is 0. The molecule has 0 aromatic rings. The number of ether oxygens (including phenoxy) is 2. The Hall–Kier alpha value is -0.410. The lowest BCUT2D eigenvalue weighted by molar-refractivity contribution is -0.151. The van der Waals surface area contributed by atoms with Crippen LogP contribution in [0.4, 0.5) is 0 Å². The molecule has 3 heteroatoms. The standard InChI is InChI=1S/C8H14O3/c1-4-6(9)7-5-10-8(2,3)11-7/h7H,4-5H2,1-3H3. The van der Waals surface area contributed by atoms with Crippen LogP contribution in [0.3, 0.4) is 0 Å². The zero-order valence-corrected chi connectivity index (χ0v) is 7.22. The van der Waals surface area contributed by atoms with Crippen LogP contribution in [0.15, 0.2) is 0 Å². The molecule has 0 bridgehead atoms. The van der Waals surface area contributed by atoms with Gasteiger partial charge in [0.2, 0.25) is 0 Å². The van der Waals surface area contributed by atoms with Crippen molar-refractivity contribution >= 4 is 5.78 Å². The summed E-state index contributed by atoms with van der Waals surface area (Å²) < 4.78 is 10.6. The molecule has 1 aliphatic rings. The lowest BCUT2D eigenvalue weighted by Crippen LogP contribution is -2.26. The first-order valence-corrected chi connectivity index (χ1v) is 3.89. The van der Waals surface area contributed by atoms with E-state index in [1.54, 1.807) is 0 Å². The quantitative estimate of drug-likeness (QED) is 0.604. The van der Waals surface area contributed by atoms with E-state index < -0.39 is 5.79 Å². The van der Waals surface area contributed by atoms with Gasteiger partial charge in [-0.25, -0.2) is 0 Å². The van der Waals surface area contributed by atoms with E-state index in [1.165, 1.54) is 0 Å². The van der Waals surface area contributed by atoms with E-state index in [4.69, 9.17) is 9.47 Å². The Kier molecular flexibility index (Phi) is 2.30. The average Bonchev–Trinajstić information content (AvgIpc) is 2.29. The molecule has 1 fully saturated rings. The molecule has 1 heterocycles. The maximum Gasteiger partial charge on any atom is 0.163 e. The van der Waals surface area contributed by atoms with Gasteiger partial charge in [0.15, 0.2) is 11.6 Å². The first-order valence-electron chi connectivity index (χ1n) is 3.89. The molecule has 1 atom stereocenters. The molecule has 1 saturated heterocycles. The van der Waals surface area contributed by atoms with Crippen LogP contribution in [-0.4, -0.2) is 24.3 Å². The molecule has 1 aliphatic heterocycles.